The Kier molecular flexibility index (Phi) is 12.6. The van der Waals surface area contributed by atoms with E-state index >= 15 is 0 Å². The van der Waals surface area contributed by atoms with E-state index in [1.165, 1.54) is 0 Å². The monoisotopic (exact) mass is 511 g/mol. The number of rotatable bonds is 12. The summed E-state index contributed by atoms with van der Waals surface area (Å²) in [6.45, 7) is 6.02. The first-order valence-electron chi connectivity index (χ1n) is 12.9. The summed E-state index contributed by atoms with van der Waals surface area (Å²) in [4.78, 5) is 63.3. The maximum absolute atomic E-state index is 13.3. The highest BCUT2D eigenvalue weighted by molar-refractivity contribution is 5.97. The second kappa shape index (κ2) is 15.4. The van der Waals surface area contributed by atoms with E-state index in [0.717, 1.165) is 37.4 Å². The zero-order valence-corrected chi connectivity index (χ0v) is 21.4. The number of likely N-dealkylation sites (tertiary alicyclic amines) is 1. The zero-order valence-electron chi connectivity index (χ0n) is 21.4. The van der Waals surface area contributed by atoms with Gasteiger partial charge >= 0.3 is 12.1 Å². The largest absolute Gasteiger partial charge is 0.481 e. The summed E-state index contributed by atoms with van der Waals surface area (Å²) >= 11 is 0. The molecule has 12 nitrogen and oxygen atoms in total. The van der Waals surface area contributed by atoms with Crippen LogP contribution in [0.1, 0.15) is 58.8 Å². The molecule has 2 fully saturated rings. The minimum Gasteiger partial charge on any atom is -0.481 e. The molecular weight excluding hydrogens is 470 g/mol. The van der Waals surface area contributed by atoms with Crippen molar-refractivity contribution in [1.29, 1.82) is 0 Å². The van der Waals surface area contributed by atoms with Crippen molar-refractivity contribution in [3.8, 4) is 0 Å². The Bertz CT molecular complexity index is 770. The summed E-state index contributed by atoms with van der Waals surface area (Å²) in [5.41, 5.74) is 2.59. The molecule has 2 aliphatic rings. The Morgan fingerprint density at radius 3 is 2.50 bits per heavy atom. The van der Waals surface area contributed by atoms with E-state index in [4.69, 9.17) is 9.84 Å². The fourth-order valence-corrected chi connectivity index (χ4v) is 4.33. The van der Waals surface area contributed by atoms with Crippen molar-refractivity contribution < 1.29 is 33.8 Å². The second-order valence-electron chi connectivity index (χ2n) is 9.88. The van der Waals surface area contributed by atoms with Crippen molar-refractivity contribution in [2.75, 3.05) is 45.9 Å². The number of piperidine rings is 2. The summed E-state index contributed by atoms with van der Waals surface area (Å²) in [6.07, 6.45) is 3.45. The van der Waals surface area contributed by atoms with Crippen LogP contribution in [0, 0.1) is 17.8 Å². The maximum atomic E-state index is 13.3. The van der Waals surface area contributed by atoms with E-state index in [9.17, 15) is 24.0 Å². The summed E-state index contributed by atoms with van der Waals surface area (Å²) in [7, 11) is 0. The number of aliphatic carboxylic acids is 1. The number of carbonyl (C=O) groups excluding carboxylic acids is 4. The van der Waals surface area contributed by atoms with E-state index in [2.05, 4.69) is 16.1 Å². The average Bonchev–Trinajstić information content (AvgIpc) is 2.87. The zero-order chi connectivity index (χ0) is 26.5. The normalized spacial score (nSPS) is 18.5. The van der Waals surface area contributed by atoms with Gasteiger partial charge in [0.25, 0.3) is 5.91 Å². The molecule has 0 spiro atoms. The number of amides is 4. The van der Waals surface area contributed by atoms with Gasteiger partial charge in [0.1, 0.15) is 6.54 Å². The van der Waals surface area contributed by atoms with Gasteiger partial charge in [0.05, 0.1) is 18.9 Å². The minimum absolute atomic E-state index is 0.0114. The Balaban J connectivity index is 1.93. The van der Waals surface area contributed by atoms with E-state index in [1.54, 1.807) is 4.90 Å². The highest BCUT2D eigenvalue weighted by atomic mass is 16.5. The Labute approximate surface area is 212 Å². The van der Waals surface area contributed by atoms with Crippen LogP contribution in [-0.2, 0) is 23.9 Å². The fourth-order valence-electron chi connectivity index (χ4n) is 4.33. The lowest BCUT2D eigenvalue weighted by molar-refractivity contribution is -0.153. The molecular formula is C24H41N5O7. The Morgan fingerprint density at radius 2 is 1.83 bits per heavy atom. The minimum atomic E-state index is -1.08. The molecule has 2 saturated heterocycles. The first-order valence-corrected chi connectivity index (χ1v) is 12.9. The topological polar surface area (TPSA) is 157 Å². The molecule has 0 saturated carbocycles. The summed E-state index contributed by atoms with van der Waals surface area (Å²) in [5.74, 6) is -2.30. The molecule has 4 amide bonds. The molecule has 36 heavy (non-hydrogen) atoms. The third kappa shape index (κ3) is 10.5. The van der Waals surface area contributed by atoms with Crippen molar-refractivity contribution in [1.82, 2.24) is 26.0 Å². The molecule has 204 valence electrons. The van der Waals surface area contributed by atoms with Crippen molar-refractivity contribution in [3.63, 3.8) is 0 Å². The van der Waals surface area contributed by atoms with Crippen LogP contribution in [0.5, 0.6) is 0 Å². The van der Waals surface area contributed by atoms with E-state index in [0.29, 0.717) is 31.7 Å². The first-order chi connectivity index (χ1) is 17.2. The quantitative estimate of drug-likeness (QED) is 0.277. The average molecular weight is 512 g/mol. The van der Waals surface area contributed by atoms with Crippen LogP contribution in [0.2, 0.25) is 0 Å². The van der Waals surface area contributed by atoms with Gasteiger partial charge < -0.3 is 25.4 Å². The summed E-state index contributed by atoms with van der Waals surface area (Å²) < 4.78 is 4.98. The maximum Gasteiger partial charge on any atom is 0.407 e. The number of carboxylic acid groups (broad SMARTS) is 1. The van der Waals surface area contributed by atoms with Gasteiger partial charge in [0.15, 0.2) is 0 Å². The molecule has 2 heterocycles. The van der Waals surface area contributed by atoms with Crippen molar-refractivity contribution in [2.45, 2.75) is 58.8 Å². The molecule has 0 aromatic carbocycles. The van der Waals surface area contributed by atoms with Gasteiger partial charge in [-0.2, -0.15) is 0 Å². The van der Waals surface area contributed by atoms with Crippen LogP contribution in [0.25, 0.3) is 0 Å². The smallest absolute Gasteiger partial charge is 0.407 e. The van der Waals surface area contributed by atoms with Gasteiger partial charge in [-0.25, -0.2) is 15.2 Å². The third-order valence-electron chi connectivity index (χ3n) is 6.36. The van der Waals surface area contributed by atoms with Gasteiger partial charge in [0.2, 0.25) is 11.8 Å². The molecule has 1 atom stereocenters. The van der Waals surface area contributed by atoms with Gasteiger partial charge in [-0.3, -0.25) is 19.2 Å². The van der Waals surface area contributed by atoms with Gasteiger partial charge in [0, 0.05) is 26.1 Å². The molecule has 0 radical (unpaired) electrons. The highest BCUT2D eigenvalue weighted by Gasteiger charge is 2.34. The number of hydrazine groups is 1. The molecule has 0 bridgehead atoms. The van der Waals surface area contributed by atoms with Crippen LogP contribution in [-0.4, -0.2) is 90.7 Å². The van der Waals surface area contributed by atoms with Crippen LogP contribution in [0.4, 0.5) is 4.79 Å². The molecule has 0 aromatic rings. The van der Waals surface area contributed by atoms with Crippen LogP contribution in [0.3, 0.4) is 0 Å². The molecule has 0 aromatic heterocycles. The first kappa shape index (κ1) is 29.5. The lowest BCUT2D eigenvalue weighted by atomic mass is 9.92. The van der Waals surface area contributed by atoms with E-state index < -0.39 is 36.3 Å². The molecule has 2 aliphatic heterocycles. The standard InChI is InChI=1S/C24H41N5O7/c1-17(2)16-36-24(35)26-14-21(31)29(27-12-9-22(32)33)23(34)19-4-3-13-28(15-19)20(30)6-5-18-7-10-25-11-8-18/h17-19,25,27H,3-16H2,1-2H3,(H,26,35)(H,32,33)/t19-/m1/s1. The molecule has 12 heteroatoms. The number of ether oxygens (including phenoxy) is 1. The summed E-state index contributed by atoms with van der Waals surface area (Å²) in [5, 5.41) is 15.3. The number of imide groups is 1. The number of hydrogen-bond donors (Lipinski definition) is 4. The van der Waals surface area contributed by atoms with Crippen molar-refractivity contribution in [2.24, 2.45) is 17.8 Å². The fraction of sp³-hybridized carbons (Fsp3) is 0.792. The lowest BCUT2D eigenvalue weighted by Crippen LogP contribution is -2.55. The molecule has 2 rings (SSSR count). The molecule has 0 unspecified atom stereocenters. The van der Waals surface area contributed by atoms with Crippen LogP contribution < -0.4 is 16.1 Å². The molecule has 4 N–H and O–H groups in total. The number of nitrogens with zero attached hydrogens (tertiary/aromatic N) is 2. The van der Waals surface area contributed by atoms with Gasteiger partial charge in [-0.1, -0.05) is 13.8 Å². The van der Waals surface area contributed by atoms with Gasteiger partial charge in [-0.05, 0) is 57.0 Å². The number of carbonyl (C=O) groups is 5. The van der Waals surface area contributed by atoms with Gasteiger partial charge in [-0.15, -0.1) is 0 Å². The predicted octanol–water partition coefficient (Wildman–Crippen LogP) is 0.722. The SMILES string of the molecule is CC(C)COC(=O)NCC(=O)N(NCCC(=O)O)C(=O)[C@@H]1CCCN(C(=O)CCC2CCNCC2)C1. The Morgan fingerprint density at radius 1 is 1.11 bits per heavy atom. The van der Waals surface area contributed by atoms with E-state index in [-0.39, 0.29) is 37.9 Å². The highest BCUT2D eigenvalue weighted by Crippen LogP contribution is 2.22. The third-order valence-corrected chi connectivity index (χ3v) is 6.36. The van der Waals surface area contributed by atoms with Crippen LogP contribution >= 0.6 is 0 Å². The van der Waals surface area contributed by atoms with Crippen LogP contribution in [0.15, 0.2) is 0 Å². The second-order valence-corrected chi connectivity index (χ2v) is 9.88. The predicted molar refractivity (Wildman–Crippen MR) is 130 cm³/mol. The van der Waals surface area contributed by atoms with Crippen molar-refractivity contribution >= 4 is 29.8 Å². The number of carboxylic acids is 1. The van der Waals surface area contributed by atoms with E-state index in [1.807, 2.05) is 13.8 Å². The number of alkyl carbamates (subject to hydrolysis) is 1. The number of nitrogens with one attached hydrogen (secondary N) is 3. The number of hydrogen-bond acceptors (Lipinski definition) is 8. The Hall–Kier alpha value is -2.73. The molecule has 0 aliphatic carbocycles. The lowest BCUT2D eigenvalue weighted by Gasteiger charge is -2.35. The summed E-state index contributed by atoms with van der Waals surface area (Å²) in [6, 6.07) is 0. The van der Waals surface area contributed by atoms with Crippen molar-refractivity contribution in [3.05, 3.63) is 0 Å².